The van der Waals surface area contributed by atoms with Crippen LogP contribution in [-0.2, 0) is 29.1 Å². The van der Waals surface area contributed by atoms with E-state index in [-0.39, 0.29) is 16.2 Å². The number of anilines is 1. The van der Waals surface area contributed by atoms with Crippen LogP contribution in [0.4, 0.5) is 5.69 Å². The van der Waals surface area contributed by atoms with Gasteiger partial charge in [0.2, 0.25) is 10.0 Å². The standard InChI is InChI=1S/C21H26N2O6S/c1-6-22(7-2)30(26,27)16-12-11-15(3)18(14-16)23-13-9-8-10-17(20(24)28-4)19(23)21(25)29-5/h8-14H,6-7H2,1-5H3. The summed E-state index contributed by atoms with van der Waals surface area (Å²) in [6.07, 6.45) is 6.22. The monoisotopic (exact) mass is 434 g/mol. The lowest BCUT2D eigenvalue weighted by atomic mass is 10.1. The van der Waals surface area contributed by atoms with Gasteiger partial charge in [0.15, 0.2) is 0 Å². The van der Waals surface area contributed by atoms with E-state index in [1.165, 1.54) is 41.6 Å². The van der Waals surface area contributed by atoms with Crippen molar-refractivity contribution in [3.63, 3.8) is 0 Å². The summed E-state index contributed by atoms with van der Waals surface area (Å²) in [5.41, 5.74) is 1.04. The minimum atomic E-state index is -3.72. The van der Waals surface area contributed by atoms with Crippen molar-refractivity contribution in [3.8, 4) is 0 Å². The van der Waals surface area contributed by atoms with Crippen LogP contribution in [0.3, 0.4) is 0 Å². The minimum Gasteiger partial charge on any atom is -0.465 e. The van der Waals surface area contributed by atoms with Crippen molar-refractivity contribution in [2.75, 3.05) is 32.2 Å². The first-order valence-electron chi connectivity index (χ1n) is 9.38. The first-order valence-corrected chi connectivity index (χ1v) is 10.8. The Hall–Kier alpha value is -2.91. The van der Waals surface area contributed by atoms with E-state index in [1.807, 2.05) is 0 Å². The van der Waals surface area contributed by atoms with Crippen LogP contribution in [0, 0.1) is 6.92 Å². The molecule has 162 valence electrons. The molecule has 0 aliphatic carbocycles. The van der Waals surface area contributed by atoms with Gasteiger partial charge in [-0.15, -0.1) is 0 Å². The van der Waals surface area contributed by atoms with Crippen LogP contribution in [0.15, 0.2) is 58.8 Å². The topological polar surface area (TPSA) is 93.2 Å². The van der Waals surface area contributed by atoms with Gasteiger partial charge < -0.3 is 14.4 Å². The van der Waals surface area contributed by atoms with Crippen molar-refractivity contribution in [2.24, 2.45) is 0 Å². The first-order chi connectivity index (χ1) is 14.2. The summed E-state index contributed by atoms with van der Waals surface area (Å²) in [5.74, 6) is -1.48. The van der Waals surface area contributed by atoms with Crippen LogP contribution in [-0.4, -0.2) is 52.0 Å². The highest BCUT2D eigenvalue weighted by molar-refractivity contribution is 7.89. The minimum absolute atomic E-state index is 0.00856. The molecule has 0 atom stereocenters. The van der Waals surface area contributed by atoms with E-state index in [0.717, 1.165) is 0 Å². The van der Waals surface area contributed by atoms with Gasteiger partial charge >= 0.3 is 11.9 Å². The molecule has 8 nitrogen and oxygen atoms in total. The number of benzene rings is 1. The second-order valence-corrected chi connectivity index (χ2v) is 8.29. The fraction of sp³-hybridized carbons (Fsp3) is 0.333. The number of methoxy groups -OCH3 is 2. The van der Waals surface area contributed by atoms with Crippen LogP contribution >= 0.6 is 0 Å². The summed E-state index contributed by atoms with van der Waals surface area (Å²) >= 11 is 0. The molecule has 0 radical (unpaired) electrons. The Morgan fingerprint density at radius 3 is 2.23 bits per heavy atom. The molecule has 0 N–H and O–H groups in total. The molecule has 1 aromatic carbocycles. The number of aryl methyl sites for hydroxylation is 1. The summed E-state index contributed by atoms with van der Waals surface area (Å²) in [4.78, 5) is 26.4. The van der Waals surface area contributed by atoms with Crippen molar-refractivity contribution in [2.45, 2.75) is 25.7 Å². The fourth-order valence-corrected chi connectivity index (χ4v) is 4.55. The second-order valence-electron chi connectivity index (χ2n) is 6.35. The number of rotatable bonds is 7. The number of carbonyl (C=O) groups excluding carboxylic acids is 2. The number of hydrogen-bond donors (Lipinski definition) is 0. The molecule has 1 aromatic rings. The third-order valence-electron chi connectivity index (χ3n) is 4.67. The molecule has 1 heterocycles. The molecule has 1 aliphatic rings. The summed E-state index contributed by atoms with van der Waals surface area (Å²) in [6, 6.07) is 4.66. The summed E-state index contributed by atoms with van der Waals surface area (Å²) in [6.45, 7) is 5.97. The molecule has 9 heteroatoms. The zero-order chi connectivity index (χ0) is 22.5. The van der Waals surface area contributed by atoms with Crippen LogP contribution in [0.2, 0.25) is 0 Å². The van der Waals surface area contributed by atoms with Crippen molar-refractivity contribution in [3.05, 3.63) is 59.5 Å². The molecule has 0 saturated carbocycles. The van der Waals surface area contributed by atoms with Crippen LogP contribution in [0.1, 0.15) is 19.4 Å². The predicted molar refractivity (Wildman–Crippen MR) is 113 cm³/mol. The molecule has 0 fully saturated rings. The second kappa shape index (κ2) is 9.73. The number of sulfonamides is 1. The number of carbonyl (C=O) groups is 2. The van der Waals surface area contributed by atoms with E-state index in [1.54, 1.807) is 45.2 Å². The van der Waals surface area contributed by atoms with Crippen molar-refractivity contribution in [1.82, 2.24) is 4.31 Å². The number of allylic oxidation sites excluding steroid dienone is 2. The summed E-state index contributed by atoms with van der Waals surface area (Å²) in [7, 11) is -1.31. The van der Waals surface area contributed by atoms with Gasteiger partial charge in [0.05, 0.1) is 30.4 Å². The highest BCUT2D eigenvalue weighted by Gasteiger charge is 2.29. The lowest BCUT2D eigenvalue weighted by Crippen LogP contribution is -2.31. The molecular formula is C21H26N2O6S. The number of esters is 2. The highest BCUT2D eigenvalue weighted by atomic mass is 32.2. The molecule has 1 aliphatic heterocycles. The Kier molecular flexibility index (Phi) is 7.58. The van der Waals surface area contributed by atoms with Gasteiger partial charge in [0, 0.05) is 19.3 Å². The Balaban J connectivity index is 2.74. The largest absolute Gasteiger partial charge is 0.465 e. The van der Waals surface area contributed by atoms with Crippen molar-refractivity contribution < 1.29 is 27.5 Å². The zero-order valence-corrected chi connectivity index (χ0v) is 18.5. The Morgan fingerprint density at radius 2 is 1.67 bits per heavy atom. The van der Waals surface area contributed by atoms with Crippen LogP contribution < -0.4 is 4.90 Å². The average Bonchev–Trinajstić information content (AvgIpc) is 2.96. The Morgan fingerprint density at radius 1 is 1.03 bits per heavy atom. The van der Waals surface area contributed by atoms with E-state index in [0.29, 0.717) is 24.3 Å². The Bertz CT molecular complexity index is 1020. The quantitative estimate of drug-likeness (QED) is 0.609. The number of hydrogen-bond acceptors (Lipinski definition) is 7. The van der Waals surface area contributed by atoms with E-state index in [2.05, 4.69) is 0 Å². The van der Waals surface area contributed by atoms with Gasteiger partial charge in [-0.05, 0) is 36.8 Å². The molecule has 0 spiro atoms. The smallest absolute Gasteiger partial charge is 0.355 e. The Labute approximate surface area is 177 Å². The molecular weight excluding hydrogens is 408 g/mol. The van der Waals surface area contributed by atoms with Gasteiger partial charge in [-0.1, -0.05) is 26.0 Å². The van der Waals surface area contributed by atoms with Crippen molar-refractivity contribution in [1.29, 1.82) is 0 Å². The van der Waals surface area contributed by atoms with E-state index >= 15 is 0 Å². The van der Waals surface area contributed by atoms with Gasteiger partial charge in [0.1, 0.15) is 5.70 Å². The molecule has 0 saturated heterocycles. The lowest BCUT2D eigenvalue weighted by molar-refractivity contribution is -0.139. The molecule has 0 bridgehead atoms. The maximum absolute atomic E-state index is 13.0. The molecule has 30 heavy (non-hydrogen) atoms. The maximum atomic E-state index is 13.0. The zero-order valence-electron chi connectivity index (χ0n) is 17.7. The normalized spacial score (nSPS) is 14.1. The predicted octanol–water partition coefficient (Wildman–Crippen LogP) is 2.52. The summed E-state index contributed by atoms with van der Waals surface area (Å²) in [5, 5.41) is 0. The lowest BCUT2D eigenvalue weighted by Gasteiger charge is -2.26. The fourth-order valence-electron chi connectivity index (χ4n) is 3.07. The van der Waals surface area contributed by atoms with Crippen LogP contribution in [0.25, 0.3) is 0 Å². The van der Waals surface area contributed by atoms with E-state index in [4.69, 9.17) is 9.47 Å². The van der Waals surface area contributed by atoms with Gasteiger partial charge in [-0.25, -0.2) is 18.0 Å². The average molecular weight is 435 g/mol. The number of ether oxygens (including phenoxy) is 2. The number of nitrogens with zero attached hydrogens (tertiary/aromatic N) is 2. The summed E-state index contributed by atoms with van der Waals surface area (Å²) < 4.78 is 37.0. The maximum Gasteiger partial charge on any atom is 0.355 e. The molecule has 0 unspecified atom stereocenters. The van der Waals surface area contributed by atoms with Crippen molar-refractivity contribution >= 4 is 27.6 Å². The van der Waals surface area contributed by atoms with Gasteiger partial charge in [-0.2, -0.15) is 4.31 Å². The first kappa shape index (κ1) is 23.4. The molecule has 2 rings (SSSR count). The molecule has 0 amide bonds. The third kappa shape index (κ3) is 4.47. The molecule has 0 aromatic heterocycles. The third-order valence-corrected chi connectivity index (χ3v) is 6.72. The van der Waals surface area contributed by atoms with Gasteiger partial charge in [-0.3, -0.25) is 0 Å². The highest BCUT2D eigenvalue weighted by Crippen LogP contribution is 2.31. The van der Waals surface area contributed by atoms with Gasteiger partial charge in [0.25, 0.3) is 0 Å². The van der Waals surface area contributed by atoms with Crippen LogP contribution in [0.5, 0.6) is 0 Å². The van der Waals surface area contributed by atoms with E-state index < -0.39 is 22.0 Å². The SMILES string of the molecule is CCN(CC)S(=O)(=O)c1ccc(C)c(N2C=CC=CC(C(=O)OC)=C2C(=O)OC)c1. The van der Waals surface area contributed by atoms with E-state index in [9.17, 15) is 18.0 Å².